The van der Waals surface area contributed by atoms with E-state index < -0.39 is 0 Å². The number of anilines is 1. The average molecular weight is 322 g/mol. The summed E-state index contributed by atoms with van der Waals surface area (Å²) >= 11 is 3.16. The largest absolute Gasteiger partial charge is 0.381 e. The number of rotatable bonds is 3. The summed E-state index contributed by atoms with van der Waals surface area (Å²) in [5.41, 5.74) is 3.31. The van der Waals surface area contributed by atoms with Crippen molar-refractivity contribution < 1.29 is 4.39 Å². The van der Waals surface area contributed by atoms with Crippen molar-refractivity contribution in [2.75, 3.05) is 5.32 Å². The molecule has 0 saturated heterocycles. The first kappa shape index (κ1) is 13.6. The maximum absolute atomic E-state index is 13.5. The van der Waals surface area contributed by atoms with Gasteiger partial charge in [-0.15, -0.1) is 0 Å². The highest BCUT2D eigenvalue weighted by molar-refractivity contribution is 9.10. The highest BCUT2D eigenvalue weighted by Gasteiger charge is 2.06. The summed E-state index contributed by atoms with van der Waals surface area (Å²) in [6.45, 7) is 2.47. The smallest absolute Gasteiger partial charge is 0.139 e. The third kappa shape index (κ3) is 2.96. The third-order valence-electron chi connectivity index (χ3n) is 2.93. The van der Waals surface area contributed by atoms with E-state index in [1.54, 1.807) is 10.6 Å². The van der Waals surface area contributed by atoms with Crippen LogP contribution in [0.25, 0.3) is 0 Å². The highest BCUT2D eigenvalue weighted by atomic mass is 79.9. The van der Waals surface area contributed by atoms with Crippen LogP contribution < -0.4 is 5.32 Å². The number of hydrogen-bond acceptors (Lipinski definition) is 2. The normalized spacial score (nSPS) is 10.3. The summed E-state index contributed by atoms with van der Waals surface area (Å²) in [6, 6.07) is 7.13. The fourth-order valence-corrected chi connectivity index (χ4v) is 2.33. The van der Waals surface area contributed by atoms with Gasteiger partial charge in [-0.2, -0.15) is 5.26 Å². The van der Waals surface area contributed by atoms with Crippen LogP contribution in [-0.4, -0.2) is 4.57 Å². The van der Waals surface area contributed by atoms with Crippen molar-refractivity contribution in [3.8, 4) is 6.07 Å². The Hall–Kier alpha value is -1.80. The molecule has 0 aliphatic rings. The van der Waals surface area contributed by atoms with Crippen molar-refractivity contribution in [3.63, 3.8) is 0 Å². The molecule has 0 amide bonds. The molecule has 1 aromatic heterocycles. The van der Waals surface area contributed by atoms with Crippen molar-refractivity contribution in [2.45, 2.75) is 13.5 Å². The molecule has 0 spiro atoms. The zero-order chi connectivity index (χ0) is 14.0. The molecule has 0 radical (unpaired) electrons. The summed E-state index contributed by atoms with van der Waals surface area (Å²) in [4.78, 5) is 0. The van der Waals surface area contributed by atoms with Gasteiger partial charge in [0, 0.05) is 25.5 Å². The van der Waals surface area contributed by atoms with E-state index in [0.717, 1.165) is 16.8 Å². The second kappa shape index (κ2) is 5.45. The second-order valence-electron chi connectivity index (χ2n) is 4.39. The Morgan fingerprint density at radius 3 is 2.79 bits per heavy atom. The number of nitrogens with zero attached hydrogens (tertiary/aromatic N) is 2. The van der Waals surface area contributed by atoms with Gasteiger partial charge in [0.25, 0.3) is 0 Å². The topological polar surface area (TPSA) is 40.8 Å². The minimum atomic E-state index is -0.293. The Morgan fingerprint density at radius 1 is 1.42 bits per heavy atom. The first-order valence-corrected chi connectivity index (χ1v) is 6.55. The van der Waals surface area contributed by atoms with Crippen LogP contribution in [0.5, 0.6) is 0 Å². The van der Waals surface area contributed by atoms with Crippen molar-refractivity contribution in [2.24, 2.45) is 7.05 Å². The third-order valence-corrected chi connectivity index (χ3v) is 3.53. The Kier molecular flexibility index (Phi) is 3.91. The lowest BCUT2D eigenvalue weighted by molar-refractivity contribution is 0.621. The van der Waals surface area contributed by atoms with Gasteiger partial charge in [-0.1, -0.05) is 0 Å². The lowest BCUT2D eigenvalue weighted by Crippen LogP contribution is -2.01. The number of aryl methyl sites for hydroxylation is 2. The Labute approximate surface area is 119 Å². The summed E-state index contributed by atoms with van der Waals surface area (Å²) in [5.74, 6) is -0.293. The molecule has 0 aliphatic carbocycles. The number of aromatic nitrogens is 1. The predicted octanol–water partition coefficient (Wildman–Crippen LogP) is 3.72. The van der Waals surface area contributed by atoms with Crippen LogP contribution in [0.3, 0.4) is 0 Å². The number of halogens is 2. The Bertz CT molecular complexity index is 655. The van der Waals surface area contributed by atoms with E-state index in [0.29, 0.717) is 16.7 Å². The van der Waals surface area contributed by atoms with E-state index in [2.05, 4.69) is 27.3 Å². The standard InChI is InChI=1S/C14H13BrFN3/c1-9-3-12(15)13(16)5-14(9)18-7-10-4-11(6-17)19(2)8-10/h3-5,8,18H,7H2,1-2H3. The molecule has 0 unspecified atom stereocenters. The summed E-state index contributed by atoms with van der Waals surface area (Å²) in [6.07, 6.45) is 1.89. The van der Waals surface area contributed by atoms with Crippen LogP contribution in [0.15, 0.2) is 28.9 Å². The van der Waals surface area contributed by atoms with E-state index in [4.69, 9.17) is 5.26 Å². The molecule has 5 heteroatoms. The minimum absolute atomic E-state index is 0.293. The fraction of sp³-hybridized carbons (Fsp3) is 0.214. The number of benzene rings is 1. The Morgan fingerprint density at radius 2 is 2.16 bits per heavy atom. The van der Waals surface area contributed by atoms with Crippen LogP contribution >= 0.6 is 15.9 Å². The lowest BCUT2D eigenvalue weighted by Gasteiger charge is -2.09. The second-order valence-corrected chi connectivity index (χ2v) is 5.25. The van der Waals surface area contributed by atoms with Gasteiger partial charge in [-0.05, 0) is 52.2 Å². The number of hydrogen-bond donors (Lipinski definition) is 1. The van der Waals surface area contributed by atoms with Crippen LogP contribution in [0.2, 0.25) is 0 Å². The number of nitriles is 1. The SMILES string of the molecule is Cc1cc(Br)c(F)cc1NCc1cc(C#N)n(C)c1. The molecule has 0 saturated carbocycles. The van der Waals surface area contributed by atoms with E-state index in [-0.39, 0.29) is 5.82 Å². The van der Waals surface area contributed by atoms with Crippen LogP contribution in [0.1, 0.15) is 16.8 Å². The highest BCUT2D eigenvalue weighted by Crippen LogP contribution is 2.24. The van der Waals surface area contributed by atoms with Crippen molar-refractivity contribution in [1.82, 2.24) is 4.57 Å². The fourth-order valence-electron chi connectivity index (χ4n) is 1.87. The van der Waals surface area contributed by atoms with Crippen molar-refractivity contribution in [1.29, 1.82) is 5.26 Å². The molecule has 3 nitrogen and oxygen atoms in total. The first-order valence-electron chi connectivity index (χ1n) is 5.76. The van der Waals surface area contributed by atoms with Crippen molar-refractivity contribution in [3.05, 3.63) is 51.5 Å². The zero-order valence-electron chi connectivity index (χ0n) is 10.7. The van der Waals surface area contributed by atoms with E-state index >= 15 is 0 Å². The molecule has 1 heterocycles. The summed E-state index contributed by atoms with van der Waals surface area (Å²) in [5, 5.41) is 12.1. The maximum atomic E-state index is 13.5. The molecule has 0 fully saturated rings. The molecule has 98 valence electrons. The minimum Gasteiger partial charge on any atom is -0.381 e. The van der Waals surface area contributed by atoms with Crippen molar-refractivity contribution >= 4 is 21.6 Å². The molecular weight excluding hydrogens is 309 g/mol. The van der Waals surface area contributed by atoms with Gasteiger partial charge in [-0.3, -0.25) is 0 Å². The van der Waals surface area contributed by atoms with Gasteiger partial charge >= 0.3 is 0 Å². The van der Waals surface area contributed by atoms with Crippen LogP contribution in [-0.2, 0) is 13.6 Å². The molecule has 0 aliphatic heterocycles. The number of nitrogens with one attached hydrogen (secondary N) is 1. The molecule has 2 rings (SSSR count). The summed E-state index contributed by atoms with van der Waals surface area (Å²) in [7, 11) is 1.83. The van der Waals surface area contributed by atoms with Crippen LogP contribution in [0.4, 0.5) is 10.1 Å². The molecular formula is C14H13BrFN3. The quantitative estimate of drug-likeness (QED) is 0.936. The molecule has 1 aromatic carbocycles. The molecule has 1 N–H and O–H groups in total. The first-order chi connectivity index (χ1) is 9.01. The lowest BCUT2D eigenvalue weighted by atomic mass is 10.2. The molecule has 19 heavy (non-hydrogen) atoms. The van der Waals surface area contributed by atoms with Gasteiger partial charge < -0.3 is 9.88 Å². The zero-order valence-corrected chi connectivity index (χ0v) is 12.3. The average Bonchev–Trinajstić information content (AvgIpc) is 2.73. The van der Waals surface area contributed by atoms with Gasteiger partial charge in [0.15, 0.2) is 0 Å². The Balaban J connectivity index is 2.14. The molecule has 0 atom stereocenters. The van der Waals surface area contributed by atoms with Gasteiger partial charge in [0.1, 0.15) is 17.6 Å². The molecule has 2 aromatic rings. The maximum Gasteiger partial charge on any atom is 0.139 e. The monoisotopic (exact) mass is 321 g/mol. The van der Waals surface area contributed by atoms with Gasteiger partial charge in [-0.25, -0.2) is 4.39 Å². The molecule has 0 bridgehead atoms. The van der Waals surface area contributed by atoms with Crippen LogP contribution in [0, 0.1) is 24.1 Å². The van der Waals surface area contributed by atoms with Gasteiger partial charge in [0.2, 0.25) is 0 Å². The summed E-state index contributed by atoms with van der Waals surface area (Å²) < 4.78 is 15.7. The predicted molar refractivity (Wildman–Crippen MR) is 76.3 cm³/mol. The van der Waals surface area contributed by atoms with E-state index in [1.807, 2.05) is 26.2 Å². The van der Waals surface area contributed by atoms with E-state index in [9.17, 15) is 4.39 Å². The van der Waals surface area contributed by atoms with Gasteiger partial charge in [0.05, 0.1) is 4.47 Å². The van der Waals surface area contributed by atoms with E-state index in [1.165, 1.54) is 6.07 Å².